The first-order valence-electron chi connectivity index (χ1n) is 4.78. The summed E-state index contributed by atoms with van der Waals surface area (Å²) in [7, 11) is 0. The maximum absolute atomic E-state index is 8.66. The lowest BCUT2D eigenvalue weighted by Crippen LogP contribution is -1.94. The van der Waals surface area contributed by atoms with E-state index >= 15 is 0 Å². The van der Waals surface area contributed by atoms with Gasteiger partial charge in [0.2, 0.25) is 5.88 Å². The molecule has 0 atom stereocenters. The van der Waals surface area contributed by atoms with Gasteiger partial charge in [-0.25, -0.2) is 4.98 Å². The first kappa shape index (κ1) is 11.4. The van der Waals surface area contributed by atoms with E-state index in [-0.39, 0.29) is 0 Å². The molecule has 17 heavy (non-hydrogen) atoms. The van der Waals surface area contributed by atoms with Gasteiger partial charge in [-0.15, -0.1) is 0 Å². The third-order valence-corrected chi connectivity index (χ3v) is 2.48. The lowest BCUT2D eigenvalue weighted by atomic mass is 10.2. The number of ether oxygens (including phenoxy) is 1. The summed E-state index contributed by atoms with van der Waals surface area (Å²) in [5, 5.41) is 8.66. The predicted molar refractivity (Wildman–Crippen MR) is 67.6 cm³/mol. The van der Waals surface area contributed by atoms with Crippen LogP contribution in [-0.2, 0) is 0 Å². The number of aromatic nitrogens is 1. The van der Waals surface area contributed by atoms with Crippen LogP contribution in [0.25, 0.3) is 0 Å². The summed E-state index contributed by atoms with van der Waals surface area (Å²) >= 11 is 3.27. The normalized spacial score (nSPS) is 9.65. The van der Waals surface area contributed by atoms with Crippen LogP contribution in [0.15, 0.2) is 41.0 Å². The first-order chi connectivity index (χ1) is 8.19. The number of hydrogen-bond donors (Lipinski definition) is 1. The molecule has 0 aliphatic rings. The van der Waals surface area contributed by atoms with Gasteiger partial charge in [0.1, 0.15) is 5.75 Å². The minimum Gasteiger partial charge on any atom is -0.437 e. The van der Waals surface area contributed by atoms with E-state index in [2.05, 4.69) is 20.9 Å². The van der Waals surface area contributed by atoms with Crippen LogP contribution in [-0.4, -0.2) is 4.98 Å². The smallest absolute Gasteiger partial charge is 0.242 e. The van der Waals surface area contributed by atoms with Crippen molar-refractivity contribution in [3.63, 3.8) is 0 Å². The highest BCUT2D eigenvalue weighted by atomic mass is 79.9. The van der Waals surface area contributed by atoms with E-state index in [9.17, 15) is 0 Å². The lowest BCUT2D eigenvalue weighted by Gasteiger charge is -2.07. The van der Waals surface area contributed by atoms with Crippen molar-refractivity contribution in [1.82, 2.24) is 4.98 Å². The fraction of sp³-hybridized carbons (Fsp3) is 0. The fourth-order valence-electron chi connectivity index (χ4n) is 1.24. The van der Waals surface area contributed by atoms with E-state index in [1.807, 2.05) is 6.07 Å². The van der Waals surface area contributed by atoms with Gasteiger partial charge >= 0.3 is 0 Å². The molecule has 0 fully saturated rings. The van der Waals surface area contributed by atoms with E-state index in [1.165, 1.54) is 0 Å². The molecule has 5 heteroatoms. The Morgan fingerprint density at radius 1 is 1.29 bits per heavy atom. The van der Waals surface area contributed by atoms with Gasteiger partial charge in [-0.2, -0.15) is 5.26 Å². The molecule has 1 aromatic heterocycles. The molecule has 84 valence electrons. The van der Waals surface area contributed by atoms with Crippen molar-refractivity contribution in [1.29, 1.82) is 5.26 Å². The number of nitrogen functional groups attached to an aromatic ring is 1. The standard InChI is InChI=1S/C12H8BrN3O/c13-9-5-11(15)12(16-7-9)17-10-3-1-8(6-14)2-4-10/h1-5,7H,15H2. The minimum atomic E-state index is 0.345. The molecule has 0 unspecified atom stereocenters. The summed E-state index contributed by atoms with van der Waals surface area (Å²) in [5.74, 6) is 0.934. The van der Waals surface area contributed by atoms with Crippen molar-refractivity contribution in [3.8, 4) is 17.7 Å². The molecule has 0 bridgehead atoms. The number of hydrogen-bond acceptors (Lipinski definition) is 4. The van der Waals surface area contributed by atoms with Gasteiger partial charge in [-0.05, 0) is 46.3 Å². The summed E-state index contributed by atoms with van der Waals surface area (Å²) in [6.45, 7) is 0. The SMILES string of the molecule is N#Cc1ccc(Oc2ncc(Br)cc2N)cc1. The third kappa shape index (κ3) is 2.74. The summed E-state index contributed by atoms with van der Waals surface area (Å²) in [5.41, 5.74) is 6.78. The van der Waals surface area contributed by atoms with Crippen molar-refractivity contribution in [2.45, 2.75) is 0 Å². The fourth-order valence-corrected chi connectivity index (χ4v) is 1.59. The Morgan fingerprint density at radius 2 is 2.00 bits per heavy atom. The second-order valence-electron chi connectivity index (χ2n) is 3.29. The molecule has 2 rings (SSSR count). The predicted octanol–water partition coefficient (Wildman–Crippen LogP) is 3.09. The van der Waals surface area contributed by atoms with Crippen molar-refractivity contribution in [2.24, 2.45) is 0 Å². The van der Waals surface area contributed by atoms with Gasteiger partial charge in [0.15, 0.2) is 0 Å². The molecule has 0 amide bonds. The molecular weight excluding hydrogens is 282 g/mol. The molecule has 2 aromatic rings. The molecular formula is C12H8BrN3O. The monoisotopic (exact) mass is 289 g/mol. The lowest BCUT2D eigenvalue weighted by molar-refractivity contribution is 0.465. The number of nitriles is 1. The van der Waals surface area contributed by atoms with Crippen LogP contribution in [0.5, 0.6) is 11.6 Å². The highest BCUT2D eigenvalue weighted by molar-refractivity contribution is 9.10. The van der Waals surface area contributed by atoms with E-state index < -0.39 is 0 Å². The maximum atomic E-state index is 8.66. The molecule has 0 saturated heterocycles. The zero-order valence-corrected chi connectivity index (χ0v) is 10.3. The van der Waals surface area contributed by atoms with E-state index in [1.54, 1.807) is 36.5 Å². The molecule has 0 aliphatic carbocycles. The Labute approximate surface area is 107 Å². The average Bonchev–Trinajstić information content (AvgIpc) is 2.34. The van der Waals surface area contributed by atoms with Crippen molar-refractivity contribution >= 4 is 21.6 Å². The number of anilines is 1. The minimum absolute atomic E-state index is 0.345. The van der Waals surface area contributed by atoms with Crippen molar-refractivity contribution in [3.05, 3.63) is 46.6 Å². The van der Waals surface area contributed by atoms with E-state index in [4.69, 9.17) is 15.7 Å². The van der Waals surface area contributed by atoms with Gasteiger partial charge in [0.25, 0.3) is 0 Å². The van der Waals surface area contributed by atoms with Crippen LogP contribution in [0.4, 0.5) is 5.69 Å². The zero-order valence-electron chi connectivity index (χ0n) is 8.72. The largest absolute Gasteiger partial charge is 0.437 e. The average molecular weight is 290 g/mol. The number of pyridine rings is 1. The highest BCUT2D eigenvalue weighted by Gasteiger charge is 2.04. The molecule has 0 spiro atoms. The van der Waals surface area contributed by atoms with Crippen LogP contribution >= 0.6 is 15.9 Å². The van der Waals surface area contributed by atoms with Crippen LogP contribution in [0.3, 0.4) is 0 Å². The van der Waals surface area contributed by atoms with Crippen LogP contribution in [0, 0.1) is 11.3 Å². The Kier molecular flexibility index (Phi) is 3.26. The molecule has 4 nitrogen and oxygen atoms in total. The zero-order chi connectivity index (χ0) is 12.3. The summed E-state index contributed by atoms with van der Waals surface area (Å²) in [6, 6.07) is 10.5. The summed E-state index contributed by atoms with van der Waals surface area (Å²) < 4.78 is 6.29. The Bertz CT molecular complexity index is 575. The molecule has 2 N–H and O–H groups in total. The number of rotatable bonds is 2. The Hall–Kier alpha value is -2.06. The van der Waals surface area contributed by atoms with Gasteiger partial charge in [-0.3, -0.25) is 0 Å². The molecule has 0 saturated carbocycles. The number of nitrogens with two attached hydrogens (primary N) is 1. The van der Waals surface area contributed by atoms with Gasteiger partial charge in [0, 0.05) is 10.7 Å². The van der Waals surface area contributed by atoms with Crippen LogP contribution in [0.2, 0.25) is 0 Å². The van der Waals surface area contributed by atoms with Gasteiger partial charge < -0.3 is 10.5 Å². The van der Waals surface area contributed by atoms with Gasteiger partial charge in [-0.1, -0.05) is 0 Å². The van der Waals surface area contributed by atoms with Crippen LogP contribution < -0.4 is 10.5 Å². The number of benzene rings is 1. The molecule has 0 radical (unpaired) electrons. The van der Waals surface area contributed by atoms with E-state index in [0.717, 1.165) is 4.47 Å². The Balaban J connectivity index is 2.23. The van der Waals surface area contributed by atoms with Crippen molar-refractivity contribution < 1.29 is 4.74 Å². The second kappa shape index (κ2) is 4.85. The highest BCUT2D eigenvalue weighted by Crippen LogP contribution is 2.27. The number of halogens is 1. The third-order valence-electron chi connectivity index (χ3n) is 2.04. The molecule has 0 aliphatic heterocycles. The topological polar surface area (TPSA) is 71.9 Å². The quantitative estimate of drug-likeness (QED) is 0.922. The van der Waals surface area contributed by atoms with Crippen molar-refractivity contribution in [2.75, 3.05) is 5.73 Å². The molecule has 1 heterocycles. The summed E-state index contributed by atoms with van der Waals surface area (Å²) in [4.78, 5) is 4.06. The Morgan fingerprint density at radius 3 is 2.59 bits per heavy atom. The maximum Gasteiger partial charge on any atom is 0.242 e. The first-order valence-corrected chi connectivity index (χ1v) is 5.57. The second-order valence-corrected chi connectivity index (χ2v) is 4.20. The molecule has 1 aromatic carbocycles. The summed E-state index contributed by atoms with van der Waals surface area (Å²) in [6.07, 6.45) is 1.61. The van der Waals surface area contributed by atoms with Gasteiger partial charge in [0.05, 0.1) is 17.3 Å². The number of nitrogens with zero attached hydrogens (tertiary/aromatic N) is 2. The van der Waals surface area contributed by atoms with Crippen LogP contribution in [0.1, 0.15) is 5.56 Å². The van der Waals surface area contributed by atoms with E-state index in [0.29, 0.717) is 22.9 Å².